The number of amides is 5. The first kappa shape index (κ1) is 22.2. The van der Waals surface area contributed by atoms with Crippen LogP contribution in [0.3, 0.4) is 0 Å². The van der Waals surface area contributed by atoms with E-state index in [0.717, 1.165) is 17.7 Å². The number of likely N-dealkylation sites (tertiary alicyclic amines) is 2. The summed E-state index contributed by atoms with van der Waals surface area (Å²) in [7, 11) is 0. The Hall–Kier alpha value is -2.45. The highest BCUT2D eigenvalue weighted by atomic mass is 16.2. The standard InChI is InChI=1S/C21H32N4O5/c1-21(2,3)20(30)24-8-4-5-15(13-24)19(29)23-11-9-22(10-12-23)18(28)14-25-16(26)6-7-17(25)27/h15H,4-14H2,1-3H3. The summed E-state index contributed by atoms with van der Waals surface area (Å²) in [6, 6.07) is 0. The van der Waals surface area contributed by atoms with Gasteiger partial charge in [0, 0.05) is 57.5 Å². The molecule has 9 heteroatoms. The first-order valence-corrected chi connectivity index (χ1v) is 10.8. The van der Waals surface area contributed by atoms with E-state index in [0.29, 0.717) is 39.3 Å². The highest BCUT2D eigenvalue weighted by Crippen LogP contribution is 2.25. The second-order valence-electron chi connectivity index (χ2n) is 9.42. The van der Waals surface area contributed by atoms with Gasteiger partial charge in [0.1, 0.15) is 6.54 Å². The lowest BCUT2D eigenvalue weighted by atomic mass is 9.90. The Bertz CT molecular complexity index is 720. The molecule has 1 unspecified atom stereocenters. The molecule has 166 valence electrons. The van der Waals surface area contributed by atoms with Gasteiger partial charge in [-0.15, -0.1) is 0 Å². The Kier molecular flexibility index (Phi) is 6.47. The van der Waals surface area contributed by atoms with E-state index in [2.05, 4.69) is 0 Å². The van der Waals surface area contributed by atoms with Crippen molar-refractivity contribution in [3.8, 4) is 0 Å². The van der Waals surface area contributed by atoms with Crippen molar-refractivity contribution in [2.45, 2.75) is 46.5 Å². The third kappa shape index (κ3) is 4.82. The Morgan fingerprint density at radius 2 is 1.43 bits per heavy atom. The second kappa shape index (κ2) is 8.73. The Labute approximate surface area is 177 Å². The molecule has 9 nitrogen and oxygen atoms in total. The van der Waals surface area contributed by atoms with Crippen molar-refractivity contribution in [3.05, 3.63) is 0 Å². The van der Waals surface area contributed by atoms with E-state index in [1.54, 1.807) is 14.7 Å². The summed E-state index contributed by atoms with van der Waals surface area (Å²) in [5.41, 5.74) is -0.463. The number of piperazine rings is 1. The van der Waals surface area contributed by atoms with Crippen LogP contribution in [0.15, 0.2) is 0 Å². The maximum Gasteiger partial charge on any atom is 0.242 e. The van der Waals surface area contributed by atoms with Crippen molar-refractivity contribution in [2.24, 2.45) is 11.3 Å². The molecule has 0 saturated carbocycles. The van der Waals surface area contributed by atoms with E-state index < -0.39 is 5.41 Å². The summed E-state index contributed by atoms with van der Waals surface area (Å²) in [5.74, 6) is -0.945. The smallest absolute Gasteiger partial charge is 0.242 e. The van der Waals surface area contributed by atoms with Gasteiger partial charge in [-0.3, -0.25) is 28.9 Å². The molecule has 0 bridgehead atoms. The van der Waals surface area contributed by atoms with Crippen LogP contribution in [0, 0.1) is 11.3 Å². The number of piperidine rings is 1. The van der Waals surface area contributed by atoms with Crippen molar-refractivity contribution < 1.29 is 24.0 Å². The molecular formula is C21H32N4O5. The lowest BCUT2D eigenvalue weighted by Crippen LogP contribution is -2.55. The molecule has 30 heavy (non-hydrogen) atoms. The average molecular weight is 421 g/mol. The van der Waals surface area contributed by atoms with Gasteiger partial charge in [0.05, 0.1) is 5.92 Å². The van der Waals surface area contributed by atoms with Crippen LogP contribution >= 0.6 is 0 Å². The van der Waals surface area contributed by atoms with E-state index in [-0.39, 0.29) is 54.8 Å². The van der Waals surface area contributed by atoms with Crippen LogP contribution in [0.25, 0.3) is 0 Å². The minimum Gasteiger partial charge on any atom is -0.341 e. The van der Waals surface area contributed by atoms with E-state index in [1.807, 2.05) is 20.8 Å². The minimum atomic E-state index is -0.463. The molecule has 3 saturated heterocycles. The van der Waals surface area contributed by atoms with Gasteiger partial charge in [-0.1, -0.05) is 20.8 Å². The van der Waals surface area contributed by atoms with Crippen LogP contribution in [0.2, 0.25) is 0 Å². The quantitative estimate of drug-likeness (QED) is 0.603. The topological polar surface area (TPSA) is 98.3 Å². The molecule has 3 rings (SSSR count). The summed E-state index contributed by atoms with van der Waals surface area (Å²) >= 11 is 0. The molecule has 0 aromatic rings. The van der Waals surface area contributed by atoms with Crippen LogP contribution in [0.5, 0.6) is 0 Å². The van der Waals surface area contributed by atoms with E-state index in [1.165, 1.54) is 0 Å². The molecule has 0 spiro atoms. The monoisotopic (exact) mass is 420 g/mol. The lowest BCUT2D eigenvalue weighted by Gasteiger charge is -2.40. The van der Waals surface area contributed by atoms with Crippen molar-refractivity contribution in [1.82, 2.24) is 19.6 Å². The molecule has 0 radical (unpaired) electrons. The van der Waals surface area contributed by atoms with Crippen molar-refractivity contribution in [3.63, 3.8) is 0 Å². The van der Waals surface area contributed by atoms with Crippen LogP contribution in [0.4, 0.5) is 0 Å². The van der Waals surface area contributed by atoms with Crippen LogP contribution in [-0.4, -0.2) is 94.9 Å². The predicted octanol–water partition coefficient (Wildman–Crippen LogP) is 0.0909. The molecule has 3 aliphatic rings. The average Bonchev–Trinajstić information content (AvgIpc) is 3.04. The molecule has 3 fully saturated rings. The van der Waals surface area contributed by atoms with Crippen molar-refractivity contribution in [2.75, 3.05) is 45.8 Å². The van der Waals surface area contributed by atoms with E-state index in [9.17, 15) is 24.0 Å². The lowest BCUT2D eigenvalue weighted by molar-refractivity contribution is -0.149. The maximum absolute atomic E-state index is 13.0. The van der Waals surface area contributed by atoms with Gasteiger partial charge < -0.3 is 14.7 Å². The summed E-state index contributed by atoms with van der Waals surface area (Å²) in [6.07, 6.45) is 1.93. The van der Waals surface area contributed by atoms with Crippen molar-refractivity contribution >= 4 is 29.5 Å². The van der Waals surface area contributed by atoms with Crippen molar-refractivity contribution in [1.29, 1.82) is 0 Å². The van der Waals surface area contributed by atoms with Gasteiger partial charge in [-0.05, 0) is 12.8 Å². The van der Waals surface area contributed by atoms with Gasteiger partial charge in [0.15, 0.2) is 0 Å². The van der Waals surface area contributed by atoms with Crippen LogP contribution in [-0.2, 0) is 24.0 Å². The zero-order valence-corrected chi connectivity index (χ0v) is 18.2. The summed E-state index contributed by atoms with van der Waals surface area (Å²) in [5, 5.41) is 0. The molecule has 0 aliphatic carbocycles. The number of carbonyl (C=O) groups is 5. The maximum atomic E-state index is 13.0. The van der Waals surface area contributed by atoms with E-state index in [4.69, 9.17) is 0 Å². The van der Waals surface area contributed by atoms with Crippen LogP contribution in [0.1, 0.15) is 46.5 Å². The molecule has 1 atom stereocenters. The molecular weight excluding hydrogens is 388 g/mol. The number of carbonyl (C=O) groups excluding carboxylic acids is 5. The van der Waals surface area contributed by atoms with Gasteiger partial charge >= 0.3 is 0 Å². The fourth-order valence-corrected chi connectivity index (χ4v) is 4.31. The molecule has 5 amide bonds. The Morgan fingerprint density at radius 1 is 0.867 bits per heavy atom. The molecule has 0 aromatic carbocycles. The zero-order chi connectivity index (χ0) is 22.1. The number of nitrogens with zero attached hydrogens (tertiary/aromatic N) is 4. The zero-order valence-electron chi connectivity index (χ0n) is 18.2. The third-order valence-corrected chi connectivity index (χ3v) is 6.09. The van der Waals surface area contributed by atoms with Gasteiger partial charge in [0.2, 0.25) is 29.5 Å². The highest BCUT2D eigenvalue weighted by Gasteiger charge is 2.37. The first-order valence-electron chi connectivity index (χ1n) is 10.8. The number of imide groups is 1. The van der Waals surface area contributed by atoms with Gasteiger partial charge in [-0.25, -0.2) is 0 Å². The fraction of sp³-hybridized carbons (Fsp3) is 0.762. The normalized spacial score (nSPS) is 23.2. The number of hydrogen-bond donors (Lipinski definition) is 0. The van der Waals surface area contributed by atoms with Gasteiger partial charge in [-0.2, -0.15) is 0 Å². The fourth-order valence-electron chi connectivity index (χ4n) is 4.31. The highest BCUT2D eigenvalue weighted by molar-refractivity contribution is 6.04. The SMILES string of the molecule is CC(C)(C)C(=O)N1CCCC(C(=O)N2CCN(C(=O)CN3C(=O)CCC3=O)CC2)C1. The minimum absolute atomic E-state index is 0.0402. The number of rotatable bonds is 3. The Morgan fingerprint density at radius 3 is 2.00 bits per heavy atom. The first-order chi connectivity index (χ1) is 14.1. The van der Waals surface area contributed by atoms with Crippen LogP contribution < -0.4 is 0 Å². The summed E-state index contributed by atoms with van der Waals surface area (Å²) in [6.45, 7) is 8.23. The third-order valence-electron chi connectivity index (χ3n) is 6.09. The van der Waals surface area contributed by atoms with Gasteiger partial charge in [0.25, 0.3) is 0 Å². The molecule has 3 aliphatic heterocycles. The van der Waals surface area contributed by atoms with E-state index >= 15 is 0 Å². The second-order valence-corrected chi connectivity index (χ2v) is 9.42. The largest absolute Gasteiger partial charge is 0.341 e. The molecule has 0 N–H and O–H groups in total. The predicted molar refractivity (Wildman–Crippen MR) is 108 cm³/mol. The Balaban J connectivity index is 1.50. The molecule has 0 aromatic heterocycles. The number of hydrogen-bond acceptors (Lipinski definition) is 5. The summed E-state index contributed by atoms with van der Waals surface area (Å²) < 4.78 is 0. The summed E-state index contributed by atoms with van der Waals surface area (Å²) in [4.78, 5) is 67.7. The molecule has 3 heterocycles.